The van der Waals surface area contributed by atoms with Gasteiger partial charge < -0.3 is 45.1 Å². The van der Waals surface area contributed by atoms with E-state index in [1.807, 2.05) is 6.08 Å². The minimum atomic E-state index is -1.57. The molecule has 366 valence electrons. The number of ether oxygens (including phenoxy) is 3. The van der Waals surface area contributed by atoms with Crippen molar-refractivity contribution in [2.75, 3.05) is 19.8 Å². The zero-order chi connectivity index (χ0) is 45.3. The van der Waals surface area contributed by atoms with Gasteiger partial charge in [0.25, 0.3) is 0 Å². The molecule has 1 rings (SSSR count). The van der Waals surface area contributed by atoms with E-state index in [9.17, 15) is 35.1 Å². The lowest BCUT2D eigenvalue weighted by Gasteiger charge is -2.40. The van der Waals surface area contributed by atoms with Gasteiger partial charge in [0, 0.05) is 12.8 Å². The predicted octanol–water partition coefficient (Wildman–Crippen LogP) is 10.4. The summed E-state index contributed by atoms with van der Waals surface area (Å²) in [6.07, 6.45) is 35.8. The van der Waals surface area contributed by atoms with Crippen molar-refractivity contribution in [2.24, 2.45) is 0 Å². The van der Waals surface area contributed by atoms with E-state index in [1.54, 1.807) is 6.08 Å². The average molecular weight is 884 g/mol. The number of amides is 1. The Balaban J connectivity index is 2.13. The quantitative estimate of drug-likeness (QED) is 0.0196. The lowest BCUT2D eigenvalue weighted by molar-refractivity contribution is -0.302. The highest BCUT2D eigenvalue weighted by atomic mass is 16.7. The van der Waals surface area contributed by atoms with Gasteiger partial charge in [0.05, 0.1) is 32.0 Å². The highest BCUT2D eigenvalue weighted by Crippen LogP contribution is 2.23. The normalized spacial score (nSPS) is 20.1. The molecule has 7 atom stereocenters. The van der Waals surface area contributed by atoms with E-state index in [2.05, 4.69) is 19.2 Å². The van der Waals surface area contributed by atoms with E-state index in [0.29, 0.717) is 19.4 Å². The van der Waals surface area contributed by atoms with Crippen molar-refractivity contribution in [3.05, 3.63) is 12.2 Å². The minimum absolute atomic E-state index is 0.0273. The second-order valence-corrected chi connectivity index (χ2v) is 18.2. The van der Waals surface area contributed by atoms with Gasteiger partial charge in [-0.05, 0) is 32.1 Å². The van der Waals surface area contributed by atoms with Crippen molar-refractivity contribution in [3.8, 4) is 0 Å². The molecule has 62 heavy (non-hydrogen) atoms. The summed E-state index contributed by atoms with van der Waals surface area (Å²) in [4.78, 5) is 25.0. The fraction of sp³-hybridized carbons (Fsp3) is 0.922. The Morgan fingerprint density at radius 3 is 1.50 bits per heavy atom. The van der Waals surface area contributed by atoms with Gasteiger partial charge in [-0.15, -0.1) is 0 Å². The number of carbonyl (C=O) groups excluding carboxylic acids is 2. The Morgan fingerprint density at radius 1 is 0.581 bits per heavy atom. The van der Waals surface area contributed by atoms with Gasteiger partial charge in [0.2, 0.25) is 5.91 Å². The van der Waals surface area contributed by atoms with Crippen molar-refractivity contribution in [3.63, 3.8) is 0 Å². The Morgan fingerprint density at radius 2 is 1.02 bits per heavy atom. The Labute approximate surface area is 378 Å². The Bertz CT molecular complexity index is 1040. The number of hydrogen-bond acceptors (Lipinski definition) is 10. The monoisotopic (exact) mass is 884 g/mol. The van der Waals surface area contributed by atoms with Crippen molar-refractivity contribution >= 4 is 11.9 Å². The molecule has 1 heterocycles. The first kappa shape index (κ1) is 58.4. The molecule has 1 aliphatic rings. The molecule has 1 amide bonds. The van der Waals surface area contributed by atoms with Crippen LogP contribution in [-0.4, -0.2) is 100 Å². The predicted molar refractivity (Wildman–Crippen MR) is 251 cm³/mol. The number of aliphatic hydroxyl groups is 5. The summed E-state index contributed by atoms with van der Waals surface area (Å²) in [5, 5.41) is 54.1. The van der Waals surface area contributed by atoms with E-state index in [0.717, 1.165) is 70.6 Å². The summed E-state index contributed by atoms with van der Waals surface area (Å²) in [5.41, 5.74) is 0. The van der Waals surface area contributed by atoms with Crippen molar-refractivity contribution in [2.45, 2.75) is 281 Å². The number of rotatable bonds is 44. The molecular formula is C51H97NO10. The minimum Gasteiger partial charge on any atom is -0.466 e. The largest absolute Gasteiger partial charge is 0.466 e. The molecule has 0 aromatic carbocycles. The highest BCUT2D eigenvalue weighted by Gasteiger charge is 2.44. The van der Waals surface area contributed by atoms with Crippen LogP contribution in [0.15, 0.2) is 12.2 Å². The maximum Gasteiger partial charge on any atom is 0.305 e. The average Bonchev–Trinajstić information content (AvgIpc) is 3.27. The van der Waals surface area contributed by atoms with Crippen LogP contribution in [0.5, 0.6) is 0 Å². The zero-order valence-corrected chi connectivity index (χ0v) is 39.8. The first-order chi connectivity index (χ1) is 30.2. The number of carbonyl (C=O) groups is 2. The summed E-state index contributed by atoms with van der Waals surface area (Å²) in [6, 6.07) is -0.816. The smallest absolute Gasteiger partial charge is 0.305 e. The summed E-state index contributed by atoms with van der Waals surface area (Å²) >= 11 is 0. The van der Waals surface area contributed by atoms with Crippen LogP contribution < -0.4 is 5.32 Å². The first-order valence-corrected chi connectivity index (χ1v) is 26.0. The third kappa shape index (κ3) is 32.1. The SMILES string of the molecule is CCCCCCCCC/C=C/C(O)C(COC1OC(CO)C(O)C(O)C1O)NC(=O)CCCCCCCCCCCCCCCOC(=O)CCCCCCCCCCCCCC. The fourth-order valence-corrected chi connectivity index (χ4v) is 8.20. The molecule has 0 radical (unpaired) electrons. The first-order valence-electron chi connectivity index (χ1n) is 26.0. The molecule has 1 aliphatic heterocycles. The Kier molecular flexibility index (Phi) is 39.6. The number of allylic oxidation sites excluding steroid dienone is 1. The molecule has 6 N–H and O–H groups in total. The molecule has 0 aromatic rings. The van der Waals surface area contributed by atoms with Gasteiger partial charge in [0.1, 0.15) is 24.4 Å². The van der Waals surface area contributed by atoms with Crippen LogP contribution in [0.2, 0.25) is 0 Å². The third-order valence-electron chi connectivity index (χ3n) is 12.4. The van der Waals surface area contributed by atoms with E-state index in [4.69, 9.17) is 14.2 Å². The maximum absolute atomic E-state index is 12.9. The van der Waals surface area contributed by atoms with Crippen LogP contribution in [0, 0.1) is 0 Å². The molecule has 1 saturated heterocycles. The number of nitrogens with one attached hydrogen (secondary N) is 1. The van der Waals surface area contributed by atoms with Gasteiger partial charge in [0.15, 0.2) is 6.29 Å². The highest BCUT2D eigenvalue weighted by molar-refractivity contribution is 5.76. The summed E-state index contributed by atoms with van der Waals surface area (Å²) in [5.74, 6) is -0.224. The molecule has 11 heteroatoms. The molecule has 1 fully saturated rings. The second-order valence-electron chi connectivity index (χ2n) is 18.2. The molecular weight excluding hydrogens is 787 g/mol. The molecule has 0 aromatic heterocycles. The van der Waals surface area contributed by atoms with Gasteiger partial charge >= 0.3 is 5.97 Å². The van der Waals surface area contributed by atoms with E-state index in [-0.39, 0.29) is 18.5 Å². The number of unbranched alkanes of at least 4 members (excludes halogenated alkanes) is 30. The number of aliphatic hydroxyl groups excluding tert-OH is 5. The number of esters is 1. The van der Waals surface area contributed by atoms with Crippen LogP contribution in [0.25, 0.3) is 0 Å². The lowest BCUT2D eigenvalue weighted by atomic mass is 9.99. The molecule has 0 aliphatic carbocycles. The molecule has 7 unspecified atom stereocenters. The summed E-state index contributed by atoms with van der Waals surface area (Å²) in [7, 11) is 0. The standard InChI is InChI=1S/C51H97NO10/c1-3-5-7-9-11-13-14-19-23-27-31-35-39-47(56)60-40-36-32-28-24-20-17-15-16-18-22-26-30-34-38-46(55)52-43(44(54)37-33-29-25-21-12-10-8-6-4-2)42-61-51-50(59)49(58)48(57)45(41-53)62-51/h33,37,43-45,48-51,53-54,57-59H,3-32,34-36,38-42H2,1-2H3,(H,52,55)/b37-33+. The molecule has 0 saturated carbocycles. The summed E-state index contributed by atoms with van der Waals surface area (Å²) < 4.78 is 16.6. The number of hydrogen-bond donors (Lipinski definition) is 6. The van der Waals surface area contributed by atoms with Gasteiger partial charge in [-0.1, -0.05) is 206 Å². The molecule has 11 nitrogen and oxygen atoms in total. The van der Waals surface area contributed by atoms with Gasteiger partial charge in [-0.3, -0.25) is 9.59 Å². The molecule has 0 bridgehead atoms. The van der Waals surface area contributed by atoms with Gasteiger partial charge in [-0.2, -0.15) is 0 Å². The van der Waals surface area contributed by atoms with E-state index in [1.165, 1.54) is 141 Å². The van der Waals surface area contributed by atoms with Crippen LogP contribution in [-0.2, 0) is 23.8 Å². The van der Waals surface area contributed by atoms with E-state index < -0.39 is 49.5 Å². The van der Waals surface area contributed by atoms with Crippen molar-refractivity contribution in [1.29, 1.82) is 0 Å². The maximum atomic E-state index is 12.9. The van der Waals surface area contributed by atoms with Crippen molar-refractivity contribution in [1.82, 2.24) is 5.32 Å². The molecule has 0 spiro atoms. The van der Waals surface area contributed by atoms with Crippen molar-refractivity contribution < 1.29 is 49.3 Å². The zero-order valence-electron chi connectivity index (χ0n) is 39.8. The van der Waals surface area contributed by atoms with E-state index >= 15 is 0 Å². The van der Waals surface area contributed by atoms with Crippen LogP contribution >= 0.6 is 0 Å². The fourth-order valence-electron chi connectivity index (χ4n) is 8.20. The topological polar surface area (TPSA) is 175 Å². The van der Waals surface area contributed by atoms with Crippen LogP contribution in [0.3, 0.4) is 0 Å². The Hall–Kier alpha value is -1.60. The van der Waals surface area contributed by atoms with Crippen LogP contribution in [0.4, 0.5) is 0 Å². The second kappa shape index (κ2) is 42.1. The van der Waals surface area contributed by atoms with Gasteiger partial charge in [-0.25, -0.2) is 0 Å². The lowest BCUT2D eigenvalue weighted by Crippen LogP contribution is -2.60. The third-order valence-corrected chi connectivity index (χ3v) is 12.4. The summed E-state index contributed by atoms with van der Waals surface area (Å²) in [6.45, 7) is 4.26. The van der Waals surface area contributed by atoms with Crippen LogP contribution in [0.1, 0.15) is 239 Å².